The van der Waals surface area contributed by atoms with Crippen molar-refractivity contribution in [3.63, 3.8) is 0 Å². The van der Waals surface area contributed by atoms with Crippen LogP contribution in [-0.4, -0.2) is 21.5 Å². The van der Waals surface area contributed by atoms with E-state index in [0.29, 0.717) is 5.88 Å². The molecule has 5 heteroatoms. The van der Waals surface area contributed by atoms with Crippen molar-refractivity contribution in [2.24, 2.45) is 0 Å². The predicted octanol–water partition coefficient (Wildman–Crippen LogP) is 2.83. The maximum atomic E-state index is 5.72. The van der Waals surface area contributed by atoms with Crippen LogP contribution in [0.1, 0.15) is 23.0 Å². The van der Waals surface area contributed by atoms with Crippen LogP contribution in [0, 0.1) is 0 Å². The van der Waals surface area contributed by atoms with Gasteiger partial charge < -0.3 is 15.0 Å². The maximum absolute atomic E-state index is 5.72. The van der Waals surface area contributed by atoms with E-state index >= 15 is 0 Å². The Morgan fingerprint density at radius 1 is 1.05 bits per heavy atom. The molecule has 3 aromatic rings. The molecule has 22 heavy (non-hydrogen) atoms. The molecule has 0 saturated carbocycles. The van der Waals surface area contributed by atoms with Gasteiger partial charge in [-0.2, -0.15) is 0 Å². The molecular formula is C17H16N4O. The molecule has 1 aromatic carbocycles. The molecule has 0 aliphatic carbocycles. The van der Waals surface area contributed by atoms with E-state index in [0.717, 1.165) is 30.0 Å². The first-order valence-corrected chi connectivity index (χ1v) is 7.34. The molecular weight excluding hydrogens is 276 g/mol. The zero-order valence-corrected chi connectivity index (χ0v) is 12.0. The van der Waals surface area contributed by atoms with Gasteiger partial charge in [0.25, 0.3) is 0 Å². The number of imidazole rings is 1. The van der Waals surface area contributed by atoms with Crippen molar-refractivity contribution in [1.82, 2.24) is 20.3 Å². The quantitative estimate of drug-likeness (QED) is 0.779. The van der Waals surface area contributed by atoms with Gasteiger partial charge in [-0.25, -0.2) is 9.97 Å². The Hall–Kier alpha value is -2.66. The molecule has 5 nitrogen and oxygen atoms in total. The highest BCUT2D eigenvalue weighted by Gasteiger charge is 2.23. The third kappa shape index (κ3) is 2.46. The molecule has 1 atom stereocenters. The summed E-state index contributed by atoms with van der Waals surface area (Å²) in [7, 11) is 0. The number of para-hydroxylation sites is 1. The van der Waals surface area contributed by atoms with Crippen LogP contribution in [0.15, 0.2) is 55.0 Å². The summed E-state index contributed by atoms with van der Waals surface area (Å²) >= 11 is 0. The van der Waals surface area contributed by atoms with Gasteiger partial charge in [-0.1, -0.05) is 24.3 Å². The van der Waals surface area contributed by atoms with E-state index in [2.05, 4.69) is 20.3 Å². The number of aromatic nitrogens is 3. The highest BCUT2D eigenvalue weighted by atomic mass is 16.5. The van der Waals surface area contributed by atoms with Gasteiger partial charge in [-0.05, 0) is 17.7 Å². The van der Waals surface area contributed by atoms with Crippen LogP contribution < -0.4 is 10.1 Å². The molecule has 0 spiro atoms. The van der Waals surface area contributed by atoms with Crippen molar-refractivity contribution in [1.29, 1.82) is 0 Å². The number of fused-ring (bicyclic) bond motifs is 1. The van der Waals surface area contributed by atoms with Crippen molar-refractivity contribution < 1.29 is 4.74 Å². The molecule has 0 bridgehead atoms. The minimum absolute atomic E-state index is 0.0910. The highest BCUT2D eigenvalue weighted by Crippen LogP contribution is 2.27. The number of pyridine rings is 1. The lowest BCUT2D eigenvalue weighted by Crippen LogP contribution is -2.30. The Balaban J connectivity index is 1.56. The van der Waals surface area contributed by atoms with E-state index in [1.54, 1.807) is 6.33 Å². The summed E-state index contributed by atoms with van der Waals surface area (Å²) in [5, 5.41) is 3.48. The predicted molar refractivity (Wildman–Crippen MR) is 82.9 cm³/mol. The van der Waals surface area contributed by atoms with Gasteiger partial charge in [0.2, 0.25) is 5.88 Å². The minimum Gasteiger partial charge on any atom is -0.439 e. The van der Waals surface area contributed by atoms with Gasteiger partial charge in [0.15, 0.2) is 0 Å². The molecule has 0 unspecified atom stereocenters. The van der Waals surface area contributed by atoms with Crippen LogP contribution >= 0.6 is 0 Å². The Bertz CT molecular complexity index is 752. The average Bonchev–Trinajstić information content (AvgIpc) is 3.05. The van der Waals surface area contributed by atoms with Crippen LogP contribution in [0.2, 0.25) is 0 Å². The largest absolute Gasteiger partial charge is 0.439 e. The van der Waals surface area contributed by atoms with Crippen LogP contribution in [-0.2, 0) is 6.42 Å². The van der Waals surface area contributed by atoms with Crippen molar-refractivity contribution in [3.05, 3.63) is 71.9 Å². The Labute approximate surface area is 128 Å². The second-order valence-corrected chi connectivity index (χ2v) is 5.25. The van der Waals surface area contributed by atoms with E-state index in [-0.39, 0.29) is 6.04 Å². The van der Waals surface area contributed by atoms with Gasteiger partial charge >= 0.3 is 0 Å². The average molecular weight is 292 g/mol. The molecule has 0 radical (unpaired) electrons. The molecule has 0 saturated heterocycles. The molecule has 3 heterocycles. The van der Waals surface area contributed by atoms with Crippen molar-refractivity contribution in [3.8, 4) is 11.6 Å². The lowest BCUT2D eigenvalue weighted by atomic mass is 9.99. The number of hydrogen-bond acceptors (Lipinski definition) is 4. The number of hydrogen-bond donors (Lipinski definition) is 2. The summed E-state index contributed by atoms with van der Waals surface area (Å²) in [6.45, 7) is 0.933. The first-order chi connectivity index (χ1) is 10.9. The molecule has 1 aliphatic heterocycles. The van der Waals surface area contributed by atoms with Crippen LogP contribution in [0.3, 0.4) is 0 Å². The summed E-state index contributed by atoms with van der Waals surface area (Å²) in [5.41, 5.74) is 3.35. The summed E-state index contributed by atoms with van der Waals surface area (Å²) in [6, 6.07) is 13.7. The lowest BCUT2D eigenvalue weighted by molar-refractivity contribution is 0.461. The normalized spacial score (nSPS) is 17.0. The number of rotatable bonds is 3. The summed E-state index contributed by atoms with van der Waals surface area (Å²) in [6.07, 6.45) is 4.58. The number of nitrogens with one attached hydrogen (secondary N) is 2. The zero-order chi connectivity index (χ0) is 14.8. The number of aromatic amines is 1. The first-order valence-electron chi connectivity index (χ1n) is 7.34. The van der Waals surface area contributed by atoms with Crippen LogP contribution in [0.5, 0.6) is 11.6 Å². The first kappa shape index (κ1) is 13.0. The van der Waals surface area contributed by atoms with Gasteiger partial charge in [0.05, 0.1) is 18.1 Å². The number of benzene rings is 1. The number of ether oxygens (including phenoxy) is 1. The second-order valence-electron chi connectivity index (χ2n) is 5.25. The fraction of sp³-hybridized carbons (Fsp3) is 0.176. The monoisotopic (exact) mass is 292 g/mol. The third-order valence-corrected chi connectivity index (χ3v) is 3.81. The van der Waals surface area contributed by atoms with Gasteiger partial charge in [0.1, 0.15) is 5.75 Å². The topological polar surface area (TPSA) is 62.8 Å². The molecule has 0 fully saturated rings. The van der Waals surface area contributed by atoms with E-state index in [1.807, 2.05) is 48.7 Å². The summed E-state index contributed by atoms with van der Waals surface area (Å²) in [4.78, 5) is 12.0. The lowest BCUT2D eigenvalue weighted by Gasteiger charge is -2.23. The smallest absolute Gasteiger partial charge is 0.219 e. The van der Waals surface area contributed by atoms with Crippen molar-refractivity contribution >= 4 is 0 Å². The SMILES string of the molecule is c1ccc(Oc2ccc([C@H]3NCCc4[nH]cnc43)cn2)cc1. The summed E-state index contributed by atoms with van der Waals surface area (Å²) in [5.74, 6) is 1.38. The Kier molecular flexibility index (Phi) is 3.33. The number of nitrogens with zero attached hydrogens (tertiary/aromatic N) is 2. The van der Waals surface area contributed by atoms with Gasteiger partial charge in [-0.15, -0.1) is 0 Å². The van der Waals surface area contributed by atoms with Gasteiger partial charge in [0, 0.05) is 30.9 Å². The zero-order valence-electron chi connectivity index (χ0n) is 12.0. The fourth-order valence-corrected chi connectivity index (χ4v) is 2.73. The summed E-state index contributed by atoms with van der Waals surface area (Å²) < 4.78 is 5.72. The van der Waals surface area contributed by atoms with E-state index < -0.39 is 0 Å². The fourth-order valence-electron chi connectivity index (χ4n) is 2.73. The van der Waals surface area contributed by atoms with E-state index in [1.165, 1.54) is 5.69 Å². The highest BCUT2D eigenvalue weighted by molar-refractivity contribution is 5.33. The second kappa shape index (κ2) is 5.61. The van der Waals surface area contributed by atoms with E-state index in [4.69, 9.17) is 4.74 Å². The molecule has 110 valence electrons. The molecule has 2 aromatic heterocycles. The maximum Gasteiger partial charge on any atom is 0.219 e. The van der Waals surface area contributed by atoms with Crippen LogP contribution in [0.4, 0.5) is 0 Å². The van der Waals surface area contributed by atoms with Crippen LogP contribution in [0.25, 0.3) is 0 Å². The molecule has 1 aliphatic rings. The van der Waals surface area contributed by atoms with Gasteiger partial charge in [-0.3, -0.25) is 0 Å². The number of H-pyrrole nitrogens is 1. The molecule has 0 amide bonds. The Morgan fingerprint density at radius 3 is 2.77 bits per heavy atom. The van der Waals surface area contributed by atoms with E-state index in [9.17, 15) is 0 Å². The standard InChI is InChI=1S/C17H16N4O/c1-2-4-13(5-3-1)22-15-7-6-12(10-19-15)16-17-14(8-9-18-16)20-11-21-17/h1-7,10-11,16,18H,8-9H2,(H,20,21)/t16-/m1/s1. The molecule has 2 N–H and O–H groups in total. The molecule has 4 rings (SSSR count). The van der Waals surface area contributed by atoms with Crippen molar-refractivity contribution in [2.75, 3.05) is 6.54 Å². The van der Waals surface area contributed by atoms with Crippen molar-refractivity contribution in [2.45, 2.75) is 12.5 Å². The Morgan fingerprint density at radius 2 is 1.95 bits per heavy atom. The third-order valence-electron chi connectivity index (χ3n) is 3.81. The minimum atomic E-state index is 0.0910.